The van der Waals surface area contributed by atoms with Gasteiger partial charge < -0.3 is 10.6 Å². The highest BCUT2D eigenvalue weighted by Gasteiger charge is 2.21. The van der Waals surface area contributed by atoms with Crippen LogP contribution in [0.25, 0.3) is 0 Å². The molecule has 5 heteroatoms. The van der Waals surface area contributed by atoms with Crippen LogP contribution in [-0.2, 0) is 9.59 Å². The molecule has 1 aromatic rings. The summed E-state index contributed by atoms with van der Waals surface area (Å²) in [7, 11) is 0. The van der Waals surface area contributed by atoms with Crippen molar-refractivity contribution in [1.82, 2.24) is 10.3 Å². The summed E-state index contributed by atoms with van der Waals surface area (Å²) in [4.78, 5) is 27.0. The van der Waals surface area contributed by atoms with Crippen LogP contribution in [0.2, 0.25) is 0 Å². The number of carbonyl (C=O) groups is 2. The van der Waals surface area contributed by atoms with Gasteiger partial charge in [0, 0.05) is 12.2 Å². The number of nitrogens with zero attached hydrogens (tertiary/aromatic N) is 1. The van der Waals surface area contributed by atoms with E-state index >= 15 is 0 Å². The van der Waals surface area contributed by atoms with Crippen molar-refractivity contribution in [3.63, 3.8) is 0 Å². The number of nitrogens with one attached hydrogen (secondary N) is 2. The fourth-order valence-electron chi connectivity index (χ4n) is 1.95. The summed E-state index contributed by atoms with van der Waals surface area (Å²) in [6.45, 7) is 0. The van der Waals surface area contributed by atoms with Crippen LogP contribution in [0.4, 0.5) is 5.69 Å². The summed E-state index contributed by atoms with van der Waals surface area (Å²) in [5, 5.41) is 5.23. The Bertz CT molecular complexity index is 399. The number of hydrogen-bond donors (Lipinski definition) is 2. The zero-order valence-electron chi connectivity index (χ0n) is 9.48. The second kappa shape index (κ2) is 5.43. The third kappa shape index (κ3) is 3.27. The molecule has 1 aliphatic rings. The van der Waals surface area contributed by atoms with Crippen molar-refractivity contribution in [3.05, 3.63) is 24.5 Å². The van der Waals surface area contributed by atoms with Crippen LogP contribution in [0.3, 0.4) is 0 Å². The van der Waals surface area contributed by atoms with Crippen molar-refractivity contribution >= 4 is 17.5 Å². The third-order valence-corrected chi connectivity index (χ3v) is 2.82. The lowest BCUT2D eigenvalue weighted by Gasteiger charge is -2.11. The molecule has 0 saturated heterocycles. The minimum absolute atomic E-state index is 0.155. The van der Waals surface area contributed by atoms with E-state index in [0.717, 1.165) is 25.7 Å². The molecule has 1 saturated carbocycles. The van der Waals surface area contributed by atoms with Crippen molar-refractivity contribution in [1.29, 1.82) is 0 Å². The monoisotopic (exact) mass is 233 g/mol. The molecule has 0 aromatic carbocycles. The van der Waals surface area contributed by atoms with Gasteiger partial charge in [-0.1, -0.05) is 12.8 Å². The van der Waals surface area contributed by atoms with E-state index in [1.807, 2.05) is 0 Å². The Morgan fingerprint density at radius 1 is 1.24 bits per heavy atom. The highest BCUT2D eigenvalue weighted by Crippen LogP contribution is 2.17. The van der Waals surface area contributed by atoms with E-state index < -0.39 is 11.8 Å². The summed E-state index contributed by atoms with van der Waals surface area (Å²) in [5.41, 5.74) is 0.527. The molecule has 2 N–H and O–H groups in total. The van der Waals surface area contributed by atoms with E-state index in [2.05, 4.69) is 15.6 Å². The first-order chi connectivity index (χ1) is 8.25. The van der Waals surface area contributed by atoms with Gasteiger partial charge in [-0.05, 0) is 25.0 Å². The van der Waals surface area contributed by atoms with E-state index in [-0.39, 0.29) is 6.04 Å². The molecule has 17 heavy (non-hydrogen) atoms. The molecule has 0 atom stereocenters. The number of hydrogen-bond acceptors (Lipinski definition) is 3. The Hall–Kier alpha value is -1.91. The smallest absolute Gasteiger partial charge is 0.313 e. The molecule has 1 fully saturated rings. The molecule has 5 nitrogen and oxygen atoms in total. The minimum atomic E-state index is -0.634. The van der Waals surface area contributed by atoms with Crippen molar-refractivity contribution in [2.75, 3.05) is 5.32 Å². The molecule has 90 valence electrons. The van der Waals surface area contributed by atoms with E-state index in [1.54, 1.807) is 18.3 Å². The number of anilines is 1. The van der Waals surface area contributed by atoms with Gasteiger partial charge in [0.1, 0.15) is 0 Å². The van der Waals surface area contributed by atoms with Crippen molar-refractivity contribution in [2.45, 2.75) is 31.7 Å². The van der Waals surface area contributed by atoms with Gasteiger partial charge in [-0.15, -0.1) is 0 Å². The van der Waals surface area contributed by atoms with Crippen molar-refractivity contribution in [2.24, 2.45) is 0 Å². The SMILES string of the molecule is O=C(Nc1cccnc1)C(=O)NC1CCCC1. The second-order valence-electron chi connectivity index (χ2n) is 4.15. The highest BCUT2D eigenvalue weighted by atomic mass is 16.2. The standard InChI is InChI=1S/C12H15N3O2/c16-11(14-9-4-1-2-5-9)12(17)15-10-6-3-7-13-8-10/h3,6-9H,1-2,4-5H2,(H,14,16)(H,15,17). The number of carbonyl (C=O) groups excluding carboxylic acids is 2. The highest BCUT2D eigenvalue weighted by molar-refractivity contribution is 6.39. The predicted octanol–water partition coefficient (Wildman–Crippen LogP) is 1.08. The Morgan fingerprint density at radius 2 is 2.00 bits per heavy atom. The summed E-state index contributed by atoms with van der Waals surface area (Å²) < 4.78 is 0. The topological polar surface area (TPSA) is 71.1 Å². The molecule has 0 aliphatic heterocycles. The van der Waals surface area contributed by atoms with E-state index in [9.17, 15) is 9.59 Å². The molecule has 0 unspecified atom stereocenters. The van der Waals surface area contributed by atoms with Gasteiger partial charge in [-0.2, -0.15) is 0 Å². The normalized spacial score (nSPS) is 15.5. The zero-order valence-corrected chi connectivity index (χ0v) is 9.48. The quantitative estimate of drug-likeness (QED) is 0.751. The Morgan fingerprint density at radius 3 is 2.65 bits per heavy atom. The van der Waals surface area contributed by atoms with Crippen molar-refractivity contribution < 1.29 is 9.59 Å². The van der Waals surface area contributed by atoms with Crippen LogP contribution < -0.4 is 10.6 Å². The van der Waals surface area contributed by atoms with E-state index in [1.165, 1.54) is 6.20 Å². The fourth-order valence-corrected chi connectivity index (χ4v) is 1.95. The zero-order chi connectivity index (χ0) is 12.1. The lowest BCUT2D eigenvalue weighted by molar-refractivity contribution is -0.136. The van der Waals surface area contributed by atoms with Gasteiger partial charge in [0.15, 0.2) is 0 Å². The second-order valence-corrected chi connectivity index (χ2v) is 4.15. The van der Waals surface area contributed by atoms with Gasteiger partial charge in [0.05, 0.1) is 11.9 Å². The van der Waals surface area contributed by atoms with Crippen LogP contribution in [0.5, 0.6) is 0 Å². The number of rotatable bonds is 2. The van der Waals surface area contributed by atoms with Gasteiger partial charge in [-0.25, -0.2) is 0 Å². The maximum Gasteiger partial charge on any atom is 0.313 e. The van der Waals surface area contributed by atoms with Crippen LogP contribution in [0, 0.1) is 0 Å². The summed E-state index contributed by atoms with van der Waals surface area (Å²) in [6.07, 6.45) is 7.27. The third-order valence-electron chi connectivity index (χ3n) is 2.82. The molecule has 1 aliphatic carbocycles. The van der Waals surface area contributed by atoms with Crippen LogP contribution in [0.15, 0.2) is 24.5 Å². The lowest BCUT2D eigenvalue weighted by atomic mass is 10.2. The maximum absolute atomic E-state index is 11.6. The van der Waals surface area contributed by atoms with Gasteiger partial charge >= 0.3 is 11.8 Å². The molecule has 1 heterocycles. The fraction of sp³-hybridized carbons (Fsp3) is 0.417. The average molecular weight is 233 g/mol. The first-order valence-electron chi connectivity index (χ1n) is 5.77. The van der Waals surface area contributed by atoms with E-state index in [0.29, 0.717) is 5.69 Å². The molecule has 2 rings (SSSR count). The number of amides is 2. The van der Waals surface area contributed by atoms with Gasteiger partial charge in [0.25, 0.3) is 0 Å². The number of aromatic nitrogens is 1. The first kappa shape index (κ1) is 11.6. The number of pyridine rings is 1. The molecular formula is C12H15N3O2. The molecule has 0 spiro atoms. The summed E-state index contributed by atoms with van der Waals surface area (Å²) in [6, 6.07) is 3.54. The Kier molecular flexibility index (Phi) is 3.69. The van der Waals surface area contributed by atoms with Gasteiger partial charge in [0.2, 0.25) is 0 Å². The van der Waals surface area contributed by atoms with Crippen molar-refractivity contribution in [3.8, 4) is 0 Å². The first-order valence-corrected chi connectivity index (χ1v) is 5.77. The van der Waals surface area contributed by atoms with Crippen LogP contribution in [0.1, 0.15) is 25.7 Å². The van der Waals surface area contributed by atoms with Crippen LogP contribution >= 0.6 is 0 Å². The average Bonchev–Trinajstić information content (AvgIpc) is 2.83. The van der Waals surface area contributed by atoms with Gasteiger partial charge in [-0.3, -0.25) is 14.6 Å². The molecule has 0 radical (unpaired) electrons. The summed E-state index contributed by atoms with van der Waals surface area (Å²) >= 11 is 0. The predicted molar refractivity (Wildman–Crippen MR) is 63.3 cm³/mol. The van der Waals surface area contributed by atoms with Crippen LogP contribution in [-0.4, -0.2) is 22.8 Å². The largest absolute Gasteiger partial charge is 0.345 e. The lowest BCUT2D eigenvalue weighted by Crippen LogP contribution is -2.40. The Balaban J connectivity index is 1.85. The minimum Gasteiger partial charge on any atom is -0.345 e. The molecule has 2 amide bonds. The summed E-state index contributed by atoms with van der Waals surface area (Å²) in [5.74, 6) is -1.20. The molecule has 1 aromatic heterocycles. The van der Waals surface area contributed by atoms with E-state index in [4.69, 9.17) is 0 Å². The Labute approximate surface area is 99.6 Å². The molecular weight excluding hydrogens is 218 g/mol. The maximum atomic E-state index is 11.6. The molecule has 0 bridgehead atoms.